The summed E-state index contributed by atoms with van der Waals surface area (Å²) in [5.74, 6) is 0.917. The van der Waals surface area contributed by atoms with Crippen molar-refractivity contribution < 1.29 is 4.74 Å². The van der Waals surface area contributed by atoms with Gasteiger partial charge in [0.1, 0.15) is 5.75 Å². The van der Waals surface area contributed by atoms with Crippen molar-refractivity contribution in [2.45, 2.75) is 0 Å². The van der Waals surface area contributed by atoms with Crippen LogP contribution >= 0.6 is 28.1 Å². The van der Waals surface area contributed by atoms with Gasteiger partial charge in [0, 0.05) is 36.3 Å². The first-order valence-electron chi connectivity index (χ1n) is 7.87. The summed E-state index contributed by atoms with van der Waals surface area (Å²) >= 11 is 9.04. The molecule has 1 aliphatic rings. The Morgan fingerprint density at radius 3 is 2.54 bits per heavy atom. The second-order valence-corrected chi connectivity index (χ2v) is 6.89. The molecule has 126 valence electrons. The van der Waals surface area contributed by atoms with E-state index in [1.807, 2.05) is 42.5 Å². The van der Waals surface area contributed by atoms with Crippen molar-refractivity contribution in [1.82, 2.24) is 4.90 Å². The van der Waals surface area contributed by atoms with Crippen LogP contribution in [-0.2, 0) is 0 Å². The third-order valence-electron chi connectivity index (χ3n) is 4.07. The zero-order chi connectivity index (χ0) is 16.9. The van der Waals surface area contributed by atoms with Crippen LogP contribution in [0.2, 0.25) is 0 Å². The highest BCUT2D eigenvalue weighted by molar-refractivity contribution is 9.10. The van der Waals surface area contributed by atoms with E-state index in [1.54, 1.807) is 7.11 Å². The van der Waals surface area contributed by atoms with Crippen LogP contribution in [0.5, 0.6) is 5.75 Å². The average molecular weight is 406 g/mol. The first-order valence-corrected chi connectivity index (χ1v) is 9.07. The summed E-state index contributed by atoms with van der Waals surface area (Å²) in [6.07, 6.45) is 0. The van der Waals surface area contributed by atoms with Gasteiger partial charge < -0.3 is 19.9 Å². The Balaban J connectivity index is 1.59. The molecule has 1 saturated heterocycles. The van der Waals surface area contributed by atoms with E-state index in [-0.39, 0.29) is 0 Å². The molecule has 2 aromatic carbocycles. The van der Waals surface area contributed by atoms with E-state index in [0.717, 1.165) is 52.9 Å². The summed E-state index contributed by atoms with van der Waals surface area (Å²) < 4.78 is 6.50. The Morgan fingerprint density at radius 1 is 1.08 bits per heavy atom. The van der Waals surface area contributed by atoms with E-state index in [1.165, 1.54) is 0 Å². The molecule has 0 aromatic heterocycles. The van der Waals surface area contributed by atoms with Crippen LogP contribution in [0.4, 0.5) is 11.4 Å². The van der Waals surface area contributed by atoms with E-state index in [2.05, 4.69) is 37.1 Å². The Bertz CT molecular complexity index is 717. The molecule has 0 saturated carbocycles. The number of anilines is 2. The first-order chi connectivity index (χ1) is 11.7. The van der Waals surface area contributed by atoms with Gasteiger partial charge >= 0.3 is 0 Å². The van der Waals surface area contributed by atoms with Crippen LogP contribution in [0.1, 0.15) is 0 Å². The summed E-state index contributed by atoms with van der Waals surface area (Å²) in [6.45, 7) is 3.61. The summed E-state index contributed by atoms with van der Waals surface area (Å²) in [4.78, 5) is 4.55. The average Bonchev–Trinajstić information content (AvgIpc) is 2.62. The number of thiocarbonyl (C=S) groups is 1. The minimum absolute atomic E-state index is 0.771. The number of hydrogen-bond acceptors (Lipinski definition) is 3. The Hall–Kier alpha value is -1.79. The molecule has 1 aliphatic heterocycles. The normalized spacial score (nSPS) is 14.4. The molecular weight excluding hydrogens is 386 g/mol. The maximum Gasteiger partial charge on any atom is 0.173 e. The molecule has 0 atom stereocenters. The number of para-hydroxylation sites is 2. The lowest BCUT2D eigenvalue weighted by atomic mass is 10.2. The summed E-state index contributed by atoms with van der Waals surface area (Å²) in [5, 5.41) is 4.08. The Labute approximate surface area is 156 Å². The topological polar surface area (TPSA) is 27.7 Å². The molecule has 3 rings (SSSR count). The third kappa shape index (κ3) is 3.99. The number of nitrogens with zero attached hydrogens (tertiary/aromatic N) is 2. The molecule has 0 radical (unpaired) electrons. The molecule has 4 nitrogen and oxygen atoms in total. The van der Waals surface area contributed by atoms with Crippen molar-refractivity contribution in [1.29, 1.82) is 0 Å². The standard InChI is InChI=1S/C18H20BrN3OS/c1-23-17-8-3-2-7-16(17)21-9-11-22(12-10-21)18(24)20-15-6-4-5-14(19)13-15/h2-8,13H,9-12H2,1H3,(H,20,24). The quantitative estimate of drug-likeness (QED) is 0.779. The van der Waals surface area contributed by atoms with Crippen LogP contribution in [0.3, 0.4) is 0 Å². The Kier molecular flexibility index (Phi) is 5.58. The molecule has 2 aromatic rings. The van der Waals surface area contributed by atoms with Crippen LogP contribution < -0.4 is 15.0 Å². The van der Waals surface area contributed by atoms with E-state index >= 15 is 0 Å². The van der Waals surface area contributed by atoms with Gasteiger partial charge in [0.2, 0.25) is 0 Å². The van der Waals surface area contributed by atoms with Crippen molar-refractivity contribution in [2.24, 2.45) is 0 Å². The van der Waals surface area contributed by atoms with Gasteiger partial charge in [-0.15, -0.1) is 0 Å². The zero-order valence-electron chi connectivity index (χ0n) is 13.5. The van der Waals surface area contributed by atoms with Gasteiger partial charge in [-0.05, 0) is 42.5 Å². The molecule has 24 heavy (non-hydrogen) atoms. The molecule has 1 N–H and O–H groups in total. The van der Waals surface area contributed by atoms with Gasteiger partial charge in [-0.3, -0.25) is 0 Å². The number of ether oxygens (including phenoxy) is 1. The van der Waals surface area contributed by atoms with Gasteiger partial charge in [-0.2, -0.15) is 0 Å². The van der Waals surface area contributed by atoms with Crippen molar-refractivity contribution in [3.05, 3.63) is 53.0 Å². The van der Waals surface area contributed by atoms with Crippen LogP contribution in [-0.4, -0.2) is 43.3 Å². The maximum absolute atomic E-state index is 5.56. The van der Waals surface area contributed by atoms with Crippen LogP contribution in [0.15, 0.2) is 53.0 Å². The fraction of sp³-hybridized carbons (Fsp3) is 0.278. The highest BCUT2D eigenvalue weighted by atomic mass is 79.9. The second kappa shape index (κ2) is 7.85. The lowest BCUT2D eigenvalue weighted by Gasteiger charge is -2.37. The molecule has 0 amide bonds. The summed E-state index contributed by atoms with van der Waals surface area (Å²) in [5.41, 5.74) is 2.15. The predicted octanol–water partition coefficient (Wildman–Crippen LogP) is 3.98. The van der Waals surface area contributed by atoms with E-state index in [9.17, 15) is 0 Å². The lowest BCUT2D eigenvalue weighted by molar-refractivity contribution is 0.382. The molecule has 0 unspecified atom stereocenters. The molecule has 0 aliphatic carbocycles. The maximum atomic E-state index is 5.56. The largest absolute Gasteiger partial charge is 0.495 e. The number of benzene rings is 2. The molecule has 6 heteroatoms. The fourth-order valence-corrected chi connectivity index (χ4v) is 3.51. The number of piperazine rings is 1. The second-order valence-electron chi connectivity index (χ2n) is 5.59. The minimum atomic E-state index is 0.771. The number of halogens is 1. The Morgan fingerprint density at radius 2 is 1.83 bits per heavy atom. The van der Waals surface area contributed by atoms with E-state index in [4.69, 9.17) is 17.0 Å². The number of rotatable bonds is 3. The van der Waals surface area contributed by atoms with E-state index < -0.39 is 0 Å². The van der Waals surface area contributed by atoms with Gasteiger partial charge in [0.25, 0.3) is 0 Å². The van der Waals surface area contributed by atoms with Crippen molar-refractivity contribution in [3.63, 3.8) is 0 Å². The van der Waals surface area contributed by atoms with Crippen molar-refractivity contribution in [2.75, 3.05) is 43.5 Å². The highest BCUT2D eigenvalue weighted by Gasteiger charge is 2.21. The van der Waals surface area contributed by atoms with Crippen molar-refractivity contribution >= 4 is 44.6 Å². The lowest BCUT2D eigenvalue weighted by Crippen LogP contribution is -2.50. The van der Waals surface area contributed by atoms with Crippen molar-refractivity contribution in [3.8, 4) is 5.75 Å². The van der Waals surface area contributed by atoms with Gasteiger partial charge in [0.05, 0.1) is 12.8 Å². The van der Waals surface area contributed by atoms with Gasteiger partial charge in [0.15, 0.2) is 5.11 Å². The predicted molar refractivity (Wildman–Crippen MR) is 107 cm³/mol. The fourth-order valence-electron chi connectivity index (χ4n) is 2.81. The first kappa shape index (κ1) is 17.0. The monoisotopic (exact) mass is 405 g/mol. The van der Waals surface area contributed by atoms with Gasteiger partial charge in [-0.25, -0.2) is 0 Å². The molecule has 1 heterocycles. The molecular formula is C18H20BrN3OS. The summed E-state index contributed by atoms with van der Waals surface area (Å²) in [7, 11) is 1.71. The van der Waals surface area contributed by atoms with Crippen LogP contribution in [0, 0.1) is 0 Å². The van der Waals surface area contributed by atoms with Gasteiger partial charge in [-0.1, -0.05) is 34.1 Å². The number of methoxy groups -OCH3 is 1. The molecule has 1 fully saturated rings. The number of nitrogens with one attached hydrogen (secondary N) is 1. The number of hydrogen-bond donors (Lipinski definition) is 1. The SMILES string of the molecule is COc1ccccc1N1CCN(C(=S)Nc2cccc(Br)c2)CC1. The smallest absolute Gasteiger partial charge is 0.173 e. The molecule has 0 bridgehead atoms. The van der Waals surface area contributed by atoms with E-state index in [0.29, 0.717) is 0 Å². The zero-order valence-corrected chi connectivity index (χ0v) is 15.9. The highest BCUT2D eigenvalue weighted by Crippen LogP contribution is 2.28. The molecule has 0 spiro atoms. The minimum Gasteiger partial charge on any atom is -0.495 e. The third-order valence-corrected chi connectivity index (χ3v) is 4.92. The van der Waals surface area contributed by atoms with Crippen LogP contribution in [0.25, 0.3) is 0 Å². The summed E-state index contributed by atoms with van der Waals surface area (Å²) in [6, 6.07) is 16.2.